The lowest BCUT2D eigenvalue weighted by Gasteiger charge is -2.31. The molecule has 2 rings (SSSR count). The number of ether oxygens (including phenoxy) is 1. The first-order valence-corrected chi connectivity index (χ1v) is 7.40. The highest BCUT2D eigenvalue weighted by molar-refractivity contribution is 5.80. The van der Waals surface area contributed by atoms with Gasteiger partial charge >= 0.3 is 0 Å². The van der Waals surface area contributed by atoms with Gasteiger partial charge in [-0.25, -0.2) is 4.39 Å². The van der Waals surface area contributed by atoms with Crippen LogP contribution in [-0.2, 0) is 16.0 Å². The van der Waals surface area contributed by atoms with Gasteiger partial charge < -0.3 is 15.4 Å². The molecule has 1 aliphatic heterocycles. The van der Waals surface area contributed by atoms with Crippen LogP contribution in [0, 0.1) is 11.7 Å². The van der Waals surface area contributed by atoms with Crippen LogP contribution in [0.4, 0.5) is 4.39 Å². The number of hydrogen-bond acceptors (Lipinski definition) is 3. The van der Waals surface area contributed by atoms with Gasteiger partial charge in [-0.1, -0.05) is 6.07 Å². The first-order chi connectivity index (χ1) is 10.5. The van der Waals surface area contributed by atoms with Gasteiger partial charge in [0.05, 0.1) is 13.0 Å². The summed E-state index contributed by atoms with van der Waals surface area (Å²) in [6, 6.07) is 4.69. The van der Waals surface area contributed by atoms with E-state index in [-0.39, 0.29) is 29.9 Å². The van der Waals surface area contributed by atoms with Crippen molar-refractivity contribution in [1.29, 1.82) is 0 Å². The number of nitrogens with two attached hydrogens (primary N) is 1. The summed E-state index contributed by atoms with van der Waals surface area (Å²) in [5, 5.41) is 0. The Balaban J connectivity index is 1.89. The highest BCUT2D eigenvalue weighted by Gasteiger charge is 2.26. The second kappa shape index (κ2) is 7.24. The van der Waals surface area contributed by atoms with Crippen molar-refractivity contribution in [2.75, 3.05) is 20.2 Å². The van der Waals surface area contributed by atoms with E-state index in [2.05, 4.69) is 0 Å². The van der Waals surface area contributed by atoms with Crippen LogP contribution < -0.4 is 10.5 Å². The van der Waals surface area contributed by atoms with Gasteiger partial charge in [-0.15, -0.1) is 0 Å². The molecule has 0 saturated carbocycles. The second-order valence-electron chi connectivity index (χ2n) is 5.55. The third-order valence-corrected chi connectivity index (χ3v) is 4.02. The lowest BCUT2D eigenvalue weighted by molar-refractivity contribution is -0.134. The third-order valence-electron chi connectivity index (χ3n) is 4.02. The molecule has 0 bridgehead atoms. The average Bonchev–Trinajstić information content (AvgIpc) is 2.52. The van der Waals surface area contributed by atoms with Crippen LogP contribution in [0.5, 0.6) is 5.75 Å². The Bertz CT molecular complexity index is 562. The molecular weight excluding hydrogens is 287 g/mol. The van der Waals surface area contributed by atoms with Crippen LogP contribution in [0.3, 0.4) is 0 Å². The smallest absolute Gasteiger partial charge is 0.222 e. The molecule has 5 nitrogen and oxygen atoms in total. The first-order valence-electron chi connectivity index (χ1n) is 7.40. The average molecular weight is 308 g/mol. The van der Waals surface area contributed by atoms with Crippen molar-refractivity contribution in [3.63, 3.8) is 0 Å². The molecule has 1 atom stereocenters. The number of halogens is 1. The van der Waals surface area contributed by atoms with E-state index in [1.54, 1.807) is 17.0 Å². The molecule has 1 aliphatic rings. The summed E-state index contributed by atoms with van der Waals surface area (Å²) in [7, 11) is 1.41. The summed E-state index contributed by atoms with van der Waals surface area (Å²) in [5.41, 5.74) is 6.05. The van der Waals surface area contributed by atoms with Gasteiger partial charge in [-0.05, 0) is 37.0 Å². The summed E-state index contributed by atoms with van der Waals surface area (Å²) in [6.07, 6.45) is 2.27. The molecule has 1 saturated heterocycles. The molecule has 0 aliphatic carbocycles. The Morgan fingerprint density at radius 3 is 2.86 bits per heavy atom. The van der Waals surface area contributed by atoms with E-state index in [0.717, 1.165) is 18.4 Å². The largest absolute Gasteiger partial charge is 0.494 e. The van der Waals surface area contributed by atoms with E-state index in [9.17, 15) is 14.0 Å². The highest BCUT2D eigenvalue weighted by atomic mass is 19.1. The third kappa shape index (κ3) is 3.96. The molecule has 0 aromatic heterocycles. The number of likely N-dealkylation sites (tertiary alicyclic amines) is 1. The maximum atomic E-state index is 13.6. The van der Waals surface area contributed by atoms with Crippen molar-refractivity contribution in [2.24, 2.45) is 11.7 Å². The number of rotatable bonds is 5. The maximum absolute atomic E-state index is 13.6. The molecule has 120 valence electrons. The second-order valence-corrected chi connectivity index (χ2v) is 5.55. The summed E-state index contributed by atoms with van der Waals surface area (Å²) in [5.74, 6) is -0.873. The maximum Gasteiger partial charge on any atom is 0.222 e. The molecule has 1 aromatic rings. The van der Waals surface area contributed by atoms with Gasteiger partial charge in [0.1, 0.15) is 0 Å². The number of aryl methyl sites for hydroxylation is 1. The van der Waals surface area contributed by atoms with Gasteiger partial charge in [0.25, 0.3) is 0 Å². The van der Waals surface area contributed by atoms with Crippen LogP contribution in [-0.4, -0.2) is 36.9 Å². The molecule has 2 N–H and O–H groups in total. The van der Waals surface area contributed by atoms with E-state index in [1.165, 1.54) is 13.2 Å². The normalized spacial score (nSPS) is 18.1. The summed E-state index contributed by atoms with van der Waals surface area (Å²) >= 11 is 0. The van der Waals surface area contributed by atoms with E-state index < -0.39 is 5.82 Å². The molecule has 1 fully saturated rings. The van der Waals surface area contributed by atoms with Crippen LogP contribution >= 0.6 is 0 Å². The molecule has 1 aromatic carbocycles. The number of piperidine rings is 1. The Morgan fingerprint density at radius 1 is 1.45 bits per heavy atom. The van der Waals surface area contributed by atoms with Crippen molar-refractivity contribution in [1.82, 2.24) is 4.90 Å². The summed E-state index contributed by atoms with van der Waals surface area (Å²) in [4.78, 5) is 25.1. The van der Waals surface area contributed by atoms with E-state index in [4.69, 9.17) is 10.5 Å². The van der Waals surface area contributed by atoms with Crippen LogP contribution in [0.25, 0.3) is 0 Å². The number of nitrogens with zero attached hydrogens (tertiary/aromatic N) is 1. The topological polar surface area (TPSA) is 72.6 Å². The Labute approximate surface area is 129 Å². The van der Waals surface area contributed by atoms with E-state index in [1.807, 2.05) is 0 Å². The van der Waals surface area contributed by atoms with Gasteiger partial charge in [0, 0.05) is 19.5 Å². The standard InChI is InChI=1S/C16H21FN2O3/c1-22-14-6-4-11(9-13(14)17)5-7-15(20)19-8-2-3-12(10-19)16(18)21/h4,6,9,12H,2-3,5,7-8,10H2,1H3,(H2,18,21). The Hall–Kier alpha value is -2.11. The van der Waals surface area contributed by atoms with E-state index in [0.29, 0.717) is 19.5 Å². The zero-order valence-corrected chi connectivity index (χ0v) is 12.7. The number of benzene rings is 1. The fourth-order valence-electron chi connectivity index (χ4n) is 2.71. The Kier molecular flexibility index (Phi) is 5.35. The van der Waals surface area contributed by atoms with Crippen molar-refractivity contribution < 1.29 is 18.7 Å². The summed E-state index contributed by atoms with van der Waals surface area (Å²) < 4.78 is 18.5. The number of amides is 2. The zero-order valence-electron chi connectivity index (χ0n) is 12.7. The molecule has 1 unspecified atom stereocenters. The monoisotopic (exact) mass is 308 g/mol. The Morgan fingerprint density at radius 2 is 2.23 bits per heavy atom. The highest BCUT2D eigenvalue weighted by Crippen LogP contribution is 2.20. The van der Waals surface area contributed by atoms with Crippen molar-refractivity contribution in [3.8, 4) is 5.75 Å². The lowest BCUT2D eigenvalue weighted by Crippen LogP contribution is -2.44. The molecule has 2 amide bonds. The van der Waals surface area contributed by atoms with Gasteiger partial charge in [0.15, 0.2) is 11.6 Å². The van der Waals surface area contributed by atoms with E-state index >= 15 is 0 Å². The van der Waals surface area contributed by atoms with Crippen LogP contribution in [0.2, 0.25) is 0 Å². The quantitative estimate of drug-likeness (QED) is 0.895. The fourth-order valence-corrected chi connectivity index (χ4v) is 2.71. The fraction of sp³-hybridized carbons (Fsp3) is 0.500. The molecule has 22 heavy (non-hydrogen) atoms. The SMILES string of the molecule is COc1ccc(CCC(=O)N2CCCC(C(N)=O)C2)cc1F. The van der Waals surface area contributed by atoms with Gasteiger partial charge in [-0.3, -0.25) is 9.59 Å². The van der Waals surface area contributed by atoms with Gasteiger partial charge in [-0.2, -0.15) is 0 Å². The number of hydrogen-bond donors (Lipinski definition) is 1. The lowest BCUT2D eigenvalue weighted by atomic mass is 9.97. The minimum Gasteiger partial charge on any atom is -0.494 e. The van der Waals surface area contributed by atoms with Crippen LogP contribution in [0.15, 0.2) is 18.2 Å². The summed E-state index contributed by atoms with van der Waals surface area (Å²) in [6.45, 7) is 1.05. The van der Waals surface area contributed by atoms with Gasteiger partial charge in [0.2, 0.25) is 11.8 Å². The molecule has 1 heterocycles. The molecule has 0 spiro atoms. The molecule has 0 radical (unpaired) electrons. The number of carbonyl (C=O) groups excluding carboxylic acids is 2. The first kappa shape index (κ1) is 16.3. The minimum atomic E-state index is -0.431. The number of primary amides is 1. The predicted octanol–water partition coefficient (Wildman–Crippen LogP) is 1.49. The predicted molar refractivity (Wildman–Crippen MR) is 79.8 cm³/mol. The van der Waals surface area contributed by atoms with Crippen LogP contribution in [0.1, 0.15) is 24.8 Å². The zero-order chi connectivity index (χ0) is 16.1. The minimum absolute atomic E-state index is 0.0258. The molecule has 6 heteroatoms. The van der Waals surface area contributed by atoms with Crippen molar-refractivity contribution >= 4 is 11.8 Å². The van der Waals surface area contributed by atoms with Crippen molar-refractivity contribution in [3.05, 3.63) is 29.6 Å². The number of carbonyl (C=O) groups is 2. The van der Waals surface area contributed by atoms with Crippen molar-refractivity contribution in [2.45, 2.75) is 25.7 Å². The number of methoxy groups -OCH3 is 1. The molecular formula is C16H21FN2O3.